The van der Waals surface area contributed by atoms with Gasteiger partial charge in [-0.15, -0.1) is 22.7 Å². The van der Waals surface area contributed by atoms with E-state index < -0.39 is 0 Å². The number of hydrogen-bond acceptors (Lipinski definition) is 5. The predicted octanol–water partition coefficient (Wildman–Crippen LogP) is 3.28. The van der Waals surface area contributed by atoms with Gasteiger partial charge < -0.3 is 10.6 Å². The Labute approximate surface area is 132 Å². The molecule has 1 aliphatic heterocycles. The molecule has 0 saturated carbocycles. The zero-order chi connectivity index (χ0) is 15.0. The molecule has 0 aromatic carbocycles. The fraction of sp³-hybridized carbons (Fsp3) is 0.467. The average Bonchev–Trinajstić information content (AvgIpc) is 2.93. The van der Waals surface area contributed by atoms with Gasteiger partial charge in [-0.3, -0.25) is 4.79 Å². The first-order chi connectivity index (χ1) is 10.0. The molecule has 3 rings (SSSR count). The van der Waals surface area contributed by atoms with Crippen LogP contribution in [-0.2, 0) is 4.79 Å². The summed E-state index contributed by atoms with van der Waals surface area (Å²) in [6.45, 7) is 8.01. The summed E-state index contributed by atoms with van der Waals surface area (Å²) in [6, 6.07) is 4.19. The van der Waals surface area contributed by atoms with Crippen LogP contribution < -0.4 is 10.6 Å². The number of rotatable bonds is 4. The molecule has 1 saturated heterocycles. The summed E-state index contributed by atoms with van der Waals surface area (Å²) in [6.07, 6.45) is 0. The smallest absolute Gasteiger partial charge is 0.229 e. The maximum Gasteiger partial charge on any atom is 0.229 e. The Morgan fingerprint density at radius 2 is 2.14 bits per heavy atom. The van der Waals surface area contributed by atoms with Crippen LogP contribution in [0.3, 0.4) is 0 Å². The Bertz CT molecular complexity index is 658. The van der Waals surface area contributed by atoms with E-state index in [0.29, 0.717) is 11.0 Å². The minimum atomic E-state index is 0.0305. The van der Waals surface area contributed by atoms with E-state index >= 15 is 0 Å². The van der Waals surface area contributed by atoms with E-state index in [4.69, 9.17) is 0 Å². The Kier molecular flexibility index (Phi) is 4.10. The molecule has 0 radical (unpaired) electrons. The molecule has 0 spiro atoms. The molecular weight excluding hydrogens is 302 g/mol. The lowest BCUT2D eigenvalue weighted by Crippen LogP contribution is -2.48. The normalized spacial score (nSPS) is 16.5. The van der Waals surface area contributed by atoms with Crippen molar-refractivity contribution < 1.29 is 4.79 Å². The summed E-state index contributed by atoms with van der Waals surface area (Å²) in [4.78, 5) is 20.4. The third kappa shape index (κ3) is 3.02. The first-order valence-electron chi connectivity index (χ1n) is 7.10. The van der Waals surface area contributed by atoms with Crippen molar-refractivity contribution in [2.24, 2.45) is 11.8 Å². The van der Waals surface area contributed by atoms with Crippen molar-refractivity contribution in [1.29, 1.82) is 0 Å². The minimum Gasteiger partial charge on any atom is -0.316 e. The van der Waals surface area contributed by atoms with Gasteiger partial charge in [-0.1, -0.05) is 6.92 Å². The van der Waals surface area contributed by atoms with Crippen molar-refractivity contribution in [3.8, 4) is 10.6 Å². The number of aryl methyl sites for hydroxylation is 2. The fourth-order valence-electron chi connectivity index (χ4n) is 2.34. The number of nitrogens with zero attached hydrogens (tertiary/aromatic N) is 1. The molecule has 2 N–H and O–H groups in total. The molecule has 0 bridgehead atoms. The maximum atomic E-state index is 12.2. The van der Waals surface area contributed by atoms with Gasteiger partial charge in [0.25, 0.3) is 0 Å². The van der Waals surface area contributed by atoms with E-state index in [1.54, 1.807) is 22.7 Å². The number of carbonyl (C=O) groups is 1. The molecule has 0 aliphatic carbocycles. The van der Waals surface area contributed by atoms with Gasteiger partial charge in [0.1, 0.15) is 0 Å². The van der Waals surface area contributed by atoms with Gasteiger partial charge >= 0.3 is 0 Å². The van der Waals surface area contributed by atoms with Gasteiger partial charge in [-0.2, -0.15) is 0 Å². The van der Waals surface area contributed by atoms with Crippen LogP contribution in [0.5, 0.6) is 0 Å². The van der Waals surface area contributed by atoms with Crippen molar-refractivity contribution in [2.45, 2.75) is 20.8 Å². The minimum absolute atomic E-state index is 0.0305. The number of thiazole rings is 1. The molecule has 2 aromatic heterocycles. The number of hydrogen-bond donors (Lipinski definition) is 2. The number of carbonyl (C=O) groups excluding carboxylic acids is 1. The summed E-state index contributed by atoms with van der Waals surface area (Å²) in [7, 11) is 0. The molecule has 21 heavy (non-hydrogen) atoms. The third-order valence-electron chi connectivity index (χ3n) is 3.93. The van der Waals surface area contributed by atoms with Crippen LogP contribution in [-0.4, -0.2) is 24.0 Å². The summed E-state index contributed by atoms with van der Waals surface area (Å²) in [5, 5.41) is 6.89. The van der Waals surface area contributed by atoms with Gasteiger partial charge in [0.2, 0.25) is 5.91 Å². The average molecular weight is 321 g/mol. The number of thiophene rings is 1. The molecular formula is C15H19N3OS2. The zero-order valence-corrected chi connectivity index (χ0v) is 14.0. The van der Waals surface area contributed by atoms with Gasteiger partial charge in [0.15, 0.2) is 5.13 Å². The lowest BCUT2D eigenvalue weighted by atomic mass is 9.88. The Hall–Kier alpha value is -1.24. The van der Waals surface area contributed by atoms with E-state index in [1.807, 2.05) is 6.92 Å². The first-order valence-corrected chi connectivity index (χ1v) is 8.73. The molecule has 1 fully saturated rings. The standard InChI is InChI=1S/C15H19N3OS2/c1-8-4-5-12(20-8)13-10(3)21-15(17-13)18-14(19)9(2)11-6-16-7-11/h4-5,9,11,16H,6-7H2,1-3H3,(H,17,18,19). The number of nitrogens with one attached hydrogen (secondary N) is 2. The predicted molar refractivity (Wildman–Crippen MR) is 89.1 cm³/mol. The molecule has 3 heterocycles. The van der Waals surface area contributed by atoms with Crippen LogP contribution in [0.15, 0.2) is 12.1 Å². The SMILES string of the molecule is Cc1ccc(-c2nc(NC(=O)C(C)C3CNC3)sc2C)s1. The lowest BCUT2D eigenvalue weighted by molar-refractivity contribution is -0.121. The van der Waals surface area contributed by atoms with E-state index in [2.05, 4.69) is 41.6 Å². The largest absolute Gasteiger partial charge is 0.316 e. The molecule has 1 unspecified atom stereocenters. The Morgan fingerprint density at radius 3 is 2.71 bits per heavy atom. The molecule has 6 heteroatoms. The second-order valence-electron chi connectivity index (χ2n) is 5.53. The first kappa shape index (κ1) is 14.7. The summed E-state index contributed by atoms with van der Waals surface area (Å²) < 4.78 is 0. The molecule has 112 valence electrons. The van der Waals surface area contributed by atoms with Crippen LogP contribution in [0.25, 0.3) is 10.6 Å². The van der Waals surface area contributed by atoms with E-state index in [-0.39, 0.29) is 11.8 Å². The number of aromatic nitrogens is 1. The summed E-state index contributed by atoms with van der Waals surface area (Å²) in [5.41, 5.74) is 0.992. The van der Waals surface area contributed by atoms with Crippen molar-refractivity contribution in [2.75, 3.05) is 18.4 Å². The van der Waals surface area contributed by atoms with E-state index in [0.717, 1.165) is 28.5 Å². The molecule has 1 aliphatic rings. The van der Waals surface area contributed by atoms with Gasteiger partial charge in [-0.25, -0.2) is 4.98 Å². The molecule has 1 atom stereocenters. The topological polar surface area (TPSA) is 54.0 Å². The maximum absolute atomic E-state index is 12.2. The van der Waals surface area contributed by atoms with Crippen LogP contribution in [0.4, 0.5) is 5.13 Å². The van der Waals surface area contributed by atoms with E-state index in [1.165, 1.54) is 4.88 Å². The molecule has 1 amide bonds. The highest BCUT2D eigenvalue weighted by Gasteiger charge is 2.29. The third-order valence-corrected chi connectivity index (χ3v) is 5.83. The highest BCUT2D eigenvalue weighted by atomic mass is 32.1. The highest BCUT2D eigenvalue weighted by molar-refractivity contribution is 7.18. The molecule has 4 nitrogen and oxygen atoms in total. The van der Waals surface area contributed by atoms with Crippen molar-refractivity contribution in [1.82, 2.24) is 10.3 Å². The van der Waals surface area contributed by atoms with Crippen molar-refractivity contribution in [3.05, 3.63) is 21.9 Å². The van der Waals surface area contributed by atoms with Crippen LogP contribution in [0.1, 0.15) is 16.7 Å². The Morgan fingerprint density at radius 1 is 1.38 bits per heavy atom. The zero-order valence-electron chi connectivity index (χ0n) is 12.4. The van der Waals surface area contributed by atoms with Crippen LogP contribution >= 0.6 is 22.7 Å². The lowest BCUT2D eigenvalue weighted by Gasteiger charge is -2.31. The highest BCUT2D eigenvalue weighted by Crippen LogP contribution is 2.34. The summed E-state index contributed by atoms with van der Waals surface area (Å²) >= 11 is 3.28. The quantitative estimate of drug-likeness (QED) is 0.908. The number of amides is 1. The van der Waals surface area contributed by atoms with Gasteiger partial charge in [-0.05, 0) is 45.0 Å². The second kappa shape index (κ2) is 5.87. The number of anilines is 1. The fourth-order valence-corrected chi connectivity index (χ4v) is 4.15. The monoisotopic (exact) mass is 321 g/mol. The van der Waals surface area contributed by atoms with E-state index in [9.17, 15) is 4.79 Å². The van der Waals surface area contributed by atoms with Gasteiger partial charge in [0.05, 0.1) is 10.6 Å². The van der Waals surface area contributed by atoms with Gasteiger partial charge in [0, 0.05) is 15.7 Å². The van der Waals surface area contributed by atoms with Crippen molar-refractivity contribution >= 4 is 33.7 Å². The Balaban J connectivity index is 1.73. The van der Waals surface area contributed by atoms with Crippen LogP contribution in [0, 0.1) is 25.7 Å². The summed E-state index contributed by atoms with van der Waals surface area (Å²) in [5.74, 6) is 0.553. The van der Waals surface area contributed by atoms with Crippen molar-refractivity contribution in [3.63, 3.8) is 0 Å². The molecule has 2 aromatic rings. The second-order valence-corrected chi connectivity index (χ2v) is 8.02. The van der Waals surface area contributed by atoms with Crippen LogP contribution in [0.2, 0.25) is 0 Å².